The van der Waals surface area contributed by atoms with E-state index in [9.17, 15) is 4.79 Å². The first-order chi connectivity index (χ1) is 13.7. The molecule has 1 amide bonds. The van der Waals surface area contributed by atoms with Crippen molar-refractivity contribution in [3.05, 3.63) is 47.6 Å². The molecule has 1 aliphatic heterocycles. The highest BCUT2D eigenvalue weighted by Gasteiger charge is 2.30. The van der Waals surface area contributed by atoms with Crippen LogP contribution in [-0.2, 0) is 20.0 Å². The quantitative estimate of drug-likeness (QED) is 0.700. The largest absolute Gasteiger partial charge is 0.338 e. The van der Waals surface area contributed by atoms with Gasteiger partial charge in [-0.25, -0.2) is 0 Å². The summed E-state index contributed by atoms with van der Waals surface area (Å²) in [5.41, 5.74) is 1.62. The predicted octanol–water partition coefficient (Wildman–Crippen LogP) is 1.76. The minimum absolute atomic E-state index is 0.0563. The van der Waals surface area contributed by atoms with Crippen molar-refractivity contribution in [3.8, 4) is 0 Å². The van der Waals surface area contributed by atoms with Gasteiger partial charge in [-0.1, -0.05) is 13.3 Å². The molecular formula is C19H26N8O. The lowest BCUT2D eigenvalue weighted by atomic mass is 9.96. The number of H-pyrrole nitrogens is 1. The van der Waals surface area contributed by atoms with Crippen LogP contribution in [0.1, 0.15) is 59.8 Å². The molecule has 0 bridgehead atoms. The van der Waals surface area contributed by atoms with E-state index in [0.29, 0.717) is 18.7 Å². The fraction of sp³-hybridized carbons (Fsp3) is 0.526. The molecular weight excluding hydrogens is 356 g/mol. The van der Waals surface area contributed by atoms with Gasteiger partial charge in [0.1, 0.15) is 12.4 Å². The van der Waals surface area contributed by atoms with Gasteiger partial charge < -0.3 is 9.47 Å². The number of rotatable bonds is 6. The van der Waals surface area contributed by atoms with E-state index in [1.807, 2.05) is 33.5 Å². The summed E-state index contributed by atoms with van der Waals surface area (Å²) in [6.45, 7) is 4.11. The molecule has 0 aromatic carbocycles. The van der Waals surface area contributed by atoms with Gasteiger partial charge in [-0.3, -0.25) is 14.6 Å². The van der Waals surface area contributed by atoms with Crippen molar-refractivity contribution in [2.45, 2.75) is 45.1 Å². The van der Waals surface area contributed by atoms with E-state index in [0.717, 1.165) is 49.6 Å². The fourth-order valence-electron chi connectivity index (χ4n) is 3.89. The molecule has 1 N–H and O–H groups in total. The van der Waals surface area contributed by atoms with Crippen molar-refractivity contribution in [2.75, 3.05) is 13.1 Å². The Morgan fingerprint density at radius 2 is 2.25 bits per heavy atom. The SMILES string of the molecule is CCCc1[nH]ncc1C(=O)N1CCC[C@@H](c2nnc(Cn3cccn3)n2C)C1. The monoisotopic (exact) mass is 382 g/mol. The van der Waals surface area contributed by atoms with Gasteiger partial charge in [-0.05, 0) is 25.3 Å². The van der Waals surface area contributed by atoms with E-state index in [-0.39, 0.29) is 11.8 Å². The topological polar surface area (TPSA) is 97.5 Å². The highest BCUT2D eigenvalue weighted by molar-refractivity contribution is 5.95. The van der Waals surface area contributed by atoms with Gasteiger partial charge in [0.05, 0.1) is 11.8 Å². The number of aromatic nitrogens is 7. The van der Waals surface area contributed by atoms with E-state index < -0.39 is 0 Å². The lowest BCUT2D eigenvalue weighted by Crippen LogP contribution is -2.40. The number of carbonyl (C=O) groups is 1. The first kappa shape index (κ1) is 18.4. The average Bonchev–Trinajstić information content (AvgIpc) is 3.45. The normalized spacial score (nSPS) is 17.2. The molecule has 1 fully saturated rings. The molecule has 9 heteroatoms. The Morgan fingerprint density at radius 1 is 1.36 bits per heavy atom. The molecule has 4 heterocycles. The molecule has 148 valence electrons. The number of hydrogen-bond donors (Lipinski definition) is 1. The second kappa shape index (κ2) is 7.95. The molecule has 0 aliphatic carbocycles. The van der Waals surface area contributed by atoms with Crippen LogP contribution in [0.4, 0.5) is 0 Å². The maximum Gasteiger partial charge on any atom is 0.257 e. The standard InChI is InChI=1S/C19H26N8O/c1-3-6-16-15(11-20-22-16)19(28)26-9-4-7-14(12-26)18-24-23-17(25(18)2)13-27-10-5-8-21-27/h5,8,10-11,14H,3-4,6-7,9,12-13H2,1-2H3,(H,20,22)/t14-/m1/s1. The number of piperidine rings is 1. The Labute approximate surface area is 163 Å². The van der Waals surface area contributed by atoms with E-state index >= 15 is 0 Å². The van der Waals surface area contributed by atoms with Crippen LogP contribution in [0.3, 0.4) is 0 Å². The number of aryl methyl sites for hydroxylation is 1. The van der Waals surface area contributed by atoms with Crippen LogP contribution in [0, 0.1) is 0 Å². The molecule has 0 saturated carbocycles. The lowest BCUT2D eigenvalue weighted by molar-refractivity contribution is 0.0702. The van der Waals surface area contributed by atoms with Gasteiger partial charge >= 0.3 is 0 Å². The van der Waals surface area contributed by atoms with Gasteiger partial charge in [0.25, 0.3) is 5.91 Å². The number of hydrogen-bond acceptors (Lipinski definition) is 5. The van der Waals surface area contributed by atoms with Crippen LogP contribution in [0.25, 0.3) is 0 Å². The van der Waals surface area contributed by atoms with Gasteiger partial charge in [0, 0.05) is 44.1 Å². The van der Waals surface area contributed by atoms with Crippen molar-refractivity contribution >= 4 is 5.91 Å². The molecule has 1 atom stereocenters. The summed E-state index contributed by atoms with van der Waals surface area (Å²) in [5.74, 6) is 2.03. The van der Waals surface area contributed by atoms with Crippen molar-refractivity contribution < 1.29 is 4.79 Å². The smallest absolute Gasteiger partial charge is 0.257 e. The first-order valence-electron chi connectivity index (χ1n) is 9.84. The molecule has 1 aliphatic rings. The Morgan fingerprint density at radius 3 is 3.04 bits per heavy atom. The van der Waals surface area contributed by atoms with Crippen LogP contribution >= 0.6 is 0 Å². The molecule has 1 saturated heterocycles. The second-order valence-corrected chi connectivity index (χ2v) is 7.34. The number of amides is 1. The minimum Gasteiger partial charge on any atom is -0.338 e. The van der Waals surface area contributed by atoms with Crippen LogP contribution < -0.4 is 0 Å². The first-order valence-corrected chi connectivity index (χ1v) is 9.84. The summed E-state index contributed by atoms with van der Waals surface area (Å²) in [4.78, 5) is 15.0. The number of nitrogens with zero attached hydrogens (tertiary/aromatic N) is 7. The number of nitrogens with one attached hydrogen (secondary N) is 1. The van der Waals surface area contributed by atoms with E-state index in [1.165, 1.54) is 0 Å². The highest BCUT2D eigenvalue weighted by atomic mass is 16.2. The van der Waals surface area contributed by atoms with E-state index in [1.54, 1.807) is 12.4 Å². The zero-order valence-electron chi connectivity index (χ0n) is 16.4. The van der Waals surface area contributed by atoms with Crippen LogP contribution in [0.2, 0.25) is 0 Å². The number of likely N-dealkylation sites (tertiary alicyclic amines) is 1. The van der Waals surface area contributed by atoms with Gasteiger partial charge in [-0.15, -0.1) is 10.2 Å². The van der Waals surface area contributed by atoms with E-state index in [4.69, 9.17) is 0 Å². The molecule has 3 aromatic rings. The zero-order valence-corrected chi connectivity index (χ0v) is 16.4. The Kier molecular flexibility index (Phi) is 5.23. The third-order valence-corrected chi connectivity index (χ3v) is 5.38. The van der Waals surface area contributed by atoms with Crippen molar-refractivity contribution in [1.29, 1.82) is 0 Å². The molecule has 0 spiro atoms. The Hall–Kier alpha value is -2.97. The summed E-state index contributed by atoms with van der Waals surface area (Å²) in [5, 5.41) is 20.1. The third-order valence-electron chi connectivity index (χ3n) is 5.38. The van der Waals surface area contributed by atoms with E-state index in [2.05, 4.69) is 32.4 Å². The van der Waals surface area contributed by atoms with Crippen LogP contribution in [0.5, 0.6) is 0 Å². The van der Waals surface area contributed by atoms with Gasteiger partial charge in [0.2, 0.25) is 0 Å². The molecule has 28 heavy (non-hydrogen) atoms. The minimum atomic E-state index is 0.0563. The molecule has 4 rings (SSSR count). The maximum absolute atomic E-state index is 13.0. The van der Waals surface area contributed by atoms with Crippen molar-refractivity contribution in [1.82, 2.24) is 39.6 Å². The summed E-state index contributed by atoms with van der Waals surface area (Å²) < 4.78 is 3.87. The summed E-state index contributed by atoms with van der Waals surface area (Å²) in [6, 6.07) is 1.89. The molecule has 9 nitrogen and oxygen atoms in total. The van der Waals surface area contributed by atoms with Gasteiger partial charge in [0.15, 0.2) is 5.82 Å². The summed E-state index contributed by atoms with van der Waals surface area (Å²) in [6.07, 6.45) is 9.09. The number of carbonyl (C=O) groups excluding carboxylic acids is 1. The van der Waals surface area contributed by atoms with Crippen molar-refractivity contribution in [3.63, 3.8) is 0 Å². The van der Waals surface area contributed by atoms with Gasteiger partial charge in [-0.2, -0.15) is 10.2 Å². The predicted molar refractivity (Wildman–Crippen MR) is 103 cm³/mol. The molecule has 0 radical (unpaired) electrons. The maximum atomic E-state index is 13.0. The second-order valence-electron chi connectivity index (χ2n) is 7.34. The zero-order chi connectivity index (χ0) is 19.5. The average molecular weight is 382 g/mol. The van der Waals surface area contributed by atoms with Crippen LogP contribution in [-0.4, -0.2) is 58.6 Å². The Balaban J connectivity index is 1.49. The third kappa shape index (κ3) is 3.56. The summed E-state index contributed by atoms with van der Waals surface area (Å²) >= 11 is 0. The fourth-order valence-corrected chi connectivity index (χ4v) is 3.89. The highest BCUT2D eigenvalue weighted by Crippen LogP contribution is 2.27. The van der Waals surface area contributed by atoms with Crippen LogP contribution in [0.15, 0.2) is 24.7 Å². The molecule has 3 aromatic heterocycles. The summed E-state index contributed by atoms with van der Waals surface area (Å²) in [7, 11) is 1.99. The number of aromatic amines is 1. The molecule has 0 unspecified atom stereocenters. The van der Waals surface area contributed by atoms with Crippen molar-refractivity contribution in [2.24, 2.45) is 7.05 Å². The Bertz CT molecular complexity index is 926. The lowest BCUT2D eigenvalue weighted by Gasteiger charge is -2.32.